The number of benzene rings is 2. The van der Waals surface area contributed by atoms with E-state index in [1.807, 2.05) is 30.3 Å². The number of esters is 1. The van der Waals surface area contributed by atoms with Crippen molar-refractivity contribution in [2.45, 2.75) is 57.3 Å². The lowest BCUT2D eigenvalue weighted by Gasteiger charge is -2.29. The van der Waals surface area contributed by atoms with Gasteiger partial charge in [-0.2, -0.15) is 0 Å². The number of likely N-dealkylation sites (N-methyl/N-ethyl adjacent to an activating group) is 1. The molecule has 174 valence electrons. The molecule has 2 heterocycles. The summed E-state index contributed by atoms with van der Waals surface area (Å²) in [5, 5.41) is 0.725. The zero-order valence-corrected chi connectivity index (χ0v) is 20.5. The van der Waals surface area contributed by atoms with Crippen LogP contribution in [0, 0.1) is 0 Å². The van der Waals surface area contributed by atoms with Crippen molar-refractivity contribution in [1.82, 2.24) is 0 Å². The van der Waals surface area contributed by atoms with Gasteiger partial charge in [-0.3, -0.25) is 9.28 Å². The van der Waals surface area contributed by atoms with Crippen LogP contribution in [0.25, 0.3) is 0 Å². The van der Waals surface area contributed by atoms with Crippen LogP contribution in [-0.2, 0) is 9.53 Å². The lowest BCUT2D eigenvalue weighted by molar-refractivity contribution is -0.915. The maximum atomic E-state index is 12.3. The fourth-order valence-corrected chi connectivity index (χ4v) is 5.27. The van der Waals surface area contributed by atoms with E-state index in [9.17, 15) is 4.79 Å². The number of quaternary nitrogens is 1. The molecule has 3 unspecified atom stereocenters. The number of nitrogens with zero attached hydrogens (tertiary/aromatic N) is 1. The highest BCUT2D eigenvalue weighted by Gasteiger charge is 2.48. The average Bonchev–Trinajstić information content (AvgIpc) is 3.06. The molecule has 0 radical (unpaired) electrons. The molecule has 3 atom stereocenters. The summed E-state index contributed by atoms with van der Waals surface area (Å²) in [6.07, 6.45) is 6.20. The van der Waals surface area contributed by atoms with Gasteiger partial charge in [-0.15, -0.1) is 0 Å². The maximum Gasteiger partial charge on any atom is 0.310 e. The monoisotopic (exact) mass is 477 g/mol. The SMILES string of the molecule is CCCCCCCC(=O)OC[N+]1(C)CC2c3ccccc3Oc3ccc(Cl)cc3C2C1.[Cl-]. The maximum absolute atomic E-state index is 12.3. The number of ether oxygens (including phenoxy) is 2. The second-order valence-electron chi connectivity index (χ2n) is 9.33. The van der Waals surface area contributed by atoms with E-state index in [1.54, 1.807) is 0 Å². The van der Waals surface area contributed by atoms with Crippen molar-refractivity contribution >= 4 is 17.6 Å². The Morgan fingerprint density at radius 1 is 1.03 bits per heavy atom. The summed E-state index contributed by atoms with van der Waals surface area (Å²) in [7, 11) is 2.19. The lowest BCUT2D eigenvalue weighted by atomic mass is 9.84. The Morgan fingerprint density at radius 3 is 2.50 bits per heavy atom. The van der Waals surface area contributed by atoms with E-state index in [2.05, 4.69) is 26.1 Å². The molecule has 0 saturated carbocycles. The van der Waals surface area contributed by atoms with Crippen molar-refractivity contribution in [1.29, 1.82) is 0 Å². The van der Waals surface area contributed by atoms with Crippen molar-refractivity contribution < 1.29 is 31.2 Å². The molecule has 4 nitrogen and oxygen atoms in total. The summed E-state index contributed by atoms with van der Waals surface area (Å²) in [4.78, 5) is 12.3. The molecule has 0 aliphatic carbocycles. The molecule has 6 heteroatoms. The molecule has 0 aromatic heterocycles. The highest BCUT2D eigenvalue weighted by atomic mass is 35.5. The number of carbonyl (C=O) groups is 1. The first-order valence-electron chi connectivity index (χ1n) is 11.5. The largest absolute Gasteiger partial charge is 1.00 e. The normalized spacial score (nSPS) is 23.1. The minimum absolute atomic E-state index is 0. The quantitative estimate of drug-likeness (QED) is 0.330. The second-order valence-corrected chi connectivity index (χ2v) is 9.77. The molecule has 32 heavy (non-hydrogen) atoms. The highest BCUT2D eigenvalue weighted by Crippen LogP contribution is 2.51. The fraction of sp³-hybridized carbons (Fsp3) is 0.500. The molecule has 2 aromatic rings. The van der Waals surface area contributed by atoms with Crippen LogP contribution in [0.4, 0.5) is 0 Å². The van der Waals surface area contributed by atoms with E-state index in [-0.39, 0.29) is 24.3 Å². The van der Waals surface area contributed by atoms with Gasteiger partial charge in [0.05, 0.1) is 20.1 Å². The molecule has 0 bridgehead atoms. The van der Waals surface area contributed by atoms with Crippen LogP contribution in [0.15, 0.2) is 42.5 Å². The van der Waals surface area contributed by atoms with Crippen molar-refractivity contribution in [2.75, 3.05) is 26.9 Å². The van der Waals surface area contributed by atoms with Gasteiger partial charge in [-0.25, -0.2) is 0 Å². The summed E-state index contributed by atoms with van der Waals surface area (Å²) in [6, 6.07) is 14.2. The first kappa shape index (κ1) is 24.9. The Kier molecular flexibility index (Phi) is 8.49. The van der Waals surface area contributed by atoms with Gasteiger partial charge >= 0.3 is 5.97 Å². The Morgan fingerprint density at radius 2 is 1.72 bits per heavy atom. The number of unbranched alkanes of at least 4 members (excludes halogenated alkanes) is 4. The lowest BCUT2D eigenvalue weighted by Crippen LogP contribution is -3.00. The molecule has 2 aromatic carbocycles. The molecular formula is C26H33Cl2NO3. The van der Waals surface area contributed by atoms with E-state index in [1.165, 1.54) is 24.8 Å². The highest BCUT2D eigenvalue weighted by molar-refractivity contribution is 6.30. The standard InChI is InChI=1S/C26H33ClNO3.ClH/c1-3-4-5-6-7-12-26(29)30-18-28(2)16-22-20-10-8-9-11-24(20)31-25-14-13-19(27)15-21(25)23(22)17-28;/h8-11,13-15,22-23H,3-7,12,16-18H2,1-2H3;1H/q+1;/p-1. The summed E-state index contributed by atoms with van der Waals surface area (Å²) >= 11 is 6.36. The number of carbonyl (C=O) groups excluding carboxylic acids is 1. The number of para-hydroxylation sites is 1. The van der Waals surface area contributed by atoms with Gasteiger partial charge in [0, 0.05) is 34.4 Å². The molecular weight excluding hydrogens is 445 g/mol. The molecule has 2 aliphatic rings. The van der Waals surface area contributed by atoms with Gasteiger partial charge in [-0.1, -0.05) is 62.4 Å². The second kappa shape index (κ2) is 10.9. The topological polar surface area (TPSA) is 35.5 Å². The molecule has 0 amide bonds. The number of likely N-dealkylation sites (tertiary alicyclic amines) is 1. The first-order chi connectivity index (χ1) is 15.0. The number of fused-ring (bicyclic) bond motifs is 5. The van der Waals surface area contributed by atoms with Gasteiger partial charge in [0.1, 0.15) is 11.5 Å². The van der Waals surface area contributed by atoms with E-state index < -0.39 is 0 Å². The number of rotatable bonds is 8. The van der Waals surface area contributed by atoms with Crippen LogP contribution >= 0.6 is 11.6 Å². The third kappa shape index (κ3) is 5.59. The summed E-state index contributed by atoms with van der Waals surface area (Å²) in [5.41, 5.74) is 2.38. The Hall–Kier alpha value is -1.75. The number of hydrogen-bond donors (Lipinski definition) is 0. The van der Waals surface area contributed by atoms with Crippen molar-refractivity contribution in [2.24, 2.45) is 0 Å². The Balaban J connectivity index is 0.00000289. The van der Waals surface area contributed by atoms with E-state index in [0.717, 1.165) is 48.0 Å². The molecule has 1 saturated heterocycles. The molecule has 2 aliphatic heterocycles. The van der Waals surface area contributed by atoms with Crippen molar-refractivity contribution in [3.63, 3.8) is 0 Å². The van der Waals surface area contributed by atoms with E-state index in [0.29, 0.717) is 23.6 Å². The van der Waals surface area contributed by atoms with Crippen LogP contribution in [0.2, 0.25) is 5.02 Å². The van der Waals surface area contributed by atoms with Gasteiger partial charge < -0.3 is 21.9 Å². The van der Waals surface area contributed by atoms with Crippen LogP contribution in [-0.4, -0.2) is 37.3 Å². The van der Waals surface area contributed by atoms with Crippen LogP contribution in [0.1, 0.15) is 68.4 Å². The van der Waals surface area contributed by atoms with Crippen molar-refractivity contribution in [3.8, 4) is 11.5 Å². The van der Waals surface area contributed by atoms with Gasteiger partial charge in [0.15, 0.2) is 0 Å². The predicted molar refractivity (Wildman–Crippen MR) is 124 cm³/mol. The smallest absolute Gasteiger partial charge is 0.310 e. The minimum Gasteiger partial charge on any atom is -1.00 e. The minimum atomic E-state index is -0.0740. The van der Waals surface area contributed by atoms with E-state index >= 15 is 0 Å². The first-order valence-corrected chi connectivity index (χ1v) is 11.9. The average molecular weight is 478 g/mol. The fourth-order valence-electron chi connectivity index (χ4n) is 5.09. The van der Waals surface area contributed by atoms with Gasteiger partial charge in [0.2, 0.25) is 6.73 Å². The molecule has 4 rings (SSSR count). The summed E-state index contributed by atoms with van der Waals surface area (Å²) in [6.45, 7) is 4.41. The van der Waals surface area contributed by atoms with Crippen LogP contribution in [0.3, 0.4) is 0 Å². The summed E-state index contributed by atoms with van der Waals surface area (Å²) in [5.74, 6) is 2.29. The van der Waals surface area contributed by atoms with Crippen LogP contribution < -0.4 is 17.1 Å². The molecule has 0 spiro atoms. The summed E-state index contributed by atoms with van der Waals surface area (Å²) < 4.78 is 12.7. The van der Waals surface area contributed by atoms with E-state index in [4.69, 9.17) is 21.1 Å². The van der Waals surface area contributed by atoms with Crippen molar-refractivity contribution in [3.05, 3.63) is 58.6 Å². The van der Waals surface area contributed by atoms with Gasteiger partial charge in [0.25, 0.3) is 0 Å². The van der Waals surface area contributed by atoms with Gasteiger partial charge in [-0.05, 0) is 30.7 Å². The zero-order valence-electron chi connectivity index (χ0n) is 19.0. The third-order valence-corrected chi connectivity index (χ3v) is 6.93. The van der Waals surface area contributed by atoms with Crippen LogP contribution in [0.5, 0.6) is 11.5 Å². The molecule has 1 fully saturated rings. The molecule has 0 N–H and O–H groups in total. The number of hydrogen-bond acceptors (Lipinski definition) is 3. The zero-order chi connectivity index (χ0) is 21.8. The Bertz CT molecular complexity index is 935. The predicted octanol–water partition coefficient (Wildman–Crippen LogP) is 3.64. The third-order valence-electron chi connectivity index (χ3n) is 6.69. The number of halogens is 2. The Labute approximate surface area is 202 Å².